The highest BCUT2D eigenvalue weighted by Crippen LogP contribution is 2.45. The fourth-order valence-corrected chi connectivity index (χ4v) is 6.86. The highest BCUT2D eigenvalue weighted by molar-refractivity contribution is 7.10. The van der Waals surface area contributed by atoms with Crippen LogP contribution in [0.3, 0.4) is 0 Å². The Labute approximate surface area is 216 Å². The van der Waals surface area contributed by atoms with Gasteiger partial charge in [-0.05, 0) is 78.9 Å². The topological polar surface area (TPSA) is 83.2 Å². The summed E-state index contributed by atoms with van der Waals surface area (Å²) < 4.78 is 0. The molecule has 5 rings (SSSR count). The number of hydrogen-bond donors (Lipinski definition) is 2. The van der Waals surface area contributed by atoms with Crippen LogP contribution in [-0.4, -0.2) is 36.9 Å². The number of thiophene rings is 1. The molecule has 2 aliphatic rings. The number of amides is 1. The lowest BCUT2D eigenvalue weighted by molar-refractivity contribution is -0.138. The quantitative estimate of drug-likeness (QED) is 0.510. The molecule has 1 aromatic heterocycles. The summed E-state index contributed by atoms with van der Waals surface area (Å²) in [7, 11) is 1.69. The van der Waals surface area contributed by atoms with Crippen molar-refractivity contribution < 1.29 is 4.79 Å². The summed E-state index contributed by atoms with van der Waals surface area (Å²) in [6.45, 7) is 6.04. The average molecular weight is 498 g/mol. The van der Waals surface area contributed by atoms with E-state index >= 15 is 0 Å². The third-order valence-electron chi connectivity index (χ3n) is 7.84. The van der Waals surface area contributed by atoms with Crippen LogP contribution in [0.5, 0.6) is 0 Å². The zero-order valence-electron chi connectivity index (χ0n) is 20.9. The van der Waals surface area contributed by atoms with Gasteiger partial charge >= 0.3 is 0 Å². The van der Waals surface area contributed by atoms with Crippen molar-refractivity contribution in [3.8, 4) is 17.2 Å². The van der Waals surface area contributed by atoms with Crippen LogP contribution in [0.15, 0.2) is 60.0 Å². The predicted octanol–water partition coefficient (Wildman–Crippen LogP) is 5.34. The highest BCUT2D eigenvalue weighted by atomic mass is 32.1. The van der Waals surface area contributed by atoms with Crippen LogP contribution in [0.1, 0.15) is 35.8 Å². The molecule has 6 nitrogen and oxygen atoms in total. The van der Waals surface area contributed by atoms with Crippen molar-refractivity contribution in [2.75, 3.05) is 25.0 Å². The van der Waals surface area contributed by atoms with Gasteiger partial charge in [0.15, 0.2) is 5.96 Å². The van der Waals surface area contributed by atoms with Gasteiger partial charge in [0.25, 0.3) is 0 Å². The molecule has 2 N–H and O–H groups in total. The van der Waals surface area contributed by atoms with Gasteiger partial charge in [-0.3, -0.25) is 15.1 Å². The monoisotopic (exact) mass is 497 g/mol. The number of benzene rings is 2. The second-order valence-electron chi connectivity index (χ2n) is 10.1. The second-order valence-corrected chi connectivity index (χ2v) is 11.0. The van der Waals surface area contributed by atoms with Crippen molar-refractivity contribution in [3.05, 3.63) is 76.0 Å². The third-order valence-corrected chi connectivity index (χ3v) is 9.00. The minimum absolute atomic E-state index is 0.0111. The molecule has 2 fully saturated rings. The number of nitrogens with one attached hydrogen (secondary N) is 2. The molecule has 2 aromatic carbocycles. The number of anilines is 1. The standard InChI is InChI=1S/C29H31N5OS/c1-19-7-4-5-10-24(19)34-13-11-21(12-14-34)26-27(35)33(3)28(31)32-29(26,2)25-16-23(18-36-25)22-9-6-8-20(15-22)17-30/h4-10,15-16,18,21,26H,11-14H2,1-3H3,(H2,31,32)/t26?,29-/m1/s1. The van der Waals surface area contributed by atoms with Crippen molar-refractivity contribution >= 4 is 28.9 Å². The van der Waals surface area contributed by atoms with Crippen LogP contribution in [0, 0.1) is 35.5 Å². The van der Waals surface area contributed by atoms with Crippen molar-refractivity contribution in [2.24, 2.45) is 11.8 Å². The average Bonchev–Trinajstić information content (AvgIpc) is 3.40. The fourth-order valence-electron chi connectivity index (χ4n) is 5.78. The van der Waals surface area contributed by atoms with Gasteiger partial charge in [0.05, 0.1) is 23.1 Å². The molecule has 0 aliphatic carbocycles. The number of guanidine groups is 1. The molecule has 0 radical (unpaired) electrons. The molecular formula is C29H31N5OS. The number of carbonyl (C=O) groups is 1. The number of aryl methyl sites for hydroxylation is 1. The number of nitrogens with zero attached hydrogens (tertiary/aromatic N) is 3. The van der Waals surface area contributed by atoms with E-state index in [0.29, 0.717) is 5.56 Å². The van der Waals surface area contributed by atoms with Gasteiger partial charge in [0.2, 0.25) is 5.91 Å². The first-order valence-electron chi connectivity index (χ1n) is 12.4. The molecule has 0 spiro atoms. The van der Waals surface area contributed by atoms with E-state index in [4.69, 9.17) is 5.41 Å². The van der Waals surface area contributed by atoms with E-state index in [0.717, 1.165) is 41.9 Å². The summed E-state index contributed by atoms with van der Waals surface area (Å²) in [5, 5.41) is 23.3. The molecule has 2 aliphatic heterocycles. The number of carbonyl (C=O) groups excluding carboxylic acids is 1. The van der Waals surface area contributed by atoms with Crippen molar-refractivity contribution in [1.82, 2.24) is 10.2 Å². The highest BCUT2D eigenvalue weighted by Gasteiger charge is 2.52. The Morgan fingerprint density at radius 1 is 1.11 bits per heavy atom. The lowest BCUT2D eigenvalue weighted by Crippen LogP contribution is -2.65. The minimum Gasteiger partial charge on any atom is -0.371 e. The maximum absolute atomic E-state index is 13.7. The lowest BCUT2D eigenvalue weighted by atomic mass is 9.70. The molecular weight excluding hydrogens is 466 g/mol. The van der Waals surface area contributed by atoms with Gasteiger partial charge < -0.3 is 10.2 Å². The van der Waals surface area contributed by atoms with Gasteiger partial charge in [0, 0.05) is 30.7 Å². The SMILES string of the molecule is Cc1ccccc1N1CCC(C2C(=O)N(C)C(=N)N[C@]2(C)c2cc(-c3cccc(C#N)c3)cs2)CC1. The van der Waals surface area contributed by atoms with Gasteiger partial charge in [0.1, 0.15) is 0 Å². The molecule has 3 heterocycles. The summed E-state index contributed by atoms with van der Waals surface area (Å²) in [6.07, 6.45) is 1.84. The first-order valence-corrected chi connectivity index (χ1v) is 13.2. The van der Waals surface area contributed by atoms with Gasteiger partial charge in [-0.15, -0.1) is 11.3 Å². The van der Waals surface area contributed by atoms with Gasteiger partial charge in [-0.1, -0.05) is 30.3 Å². The maximum Gasteiger partial charge on any atom is 0.235 e. The van der Waals surface area contributed by atoms with E-state index in [1.807, 2.05) is 18.2 Å². The summed E-state index contributed by atoms with van der Waals surface area (Å²) in [5.74, 6) is 0.0837. The molecule has 0 bridgehead atoms. The fraction of sp³-hybridized carbons (Fsp3) is 0.345. The molecule has 1 amide bonds. The predicted molar refractivity (Wildman–Crippen MR) is 145 cm³/mol. The summed E-state index contributed by atoms with van der Waals surface area (Å²) >= 11 is 1.61. The van der Waals surface area contributed by atoms with Crippen LogP contribution < -0.4 is 10.2 Å². The summed E-state index contributed by atoms with van der Waals surface area (Å²) in [6, 6.07) is 20.4. The smallest absolute Gasteiger partial charge is 0.235 e. The molecule has 0 saturated carbocycles. The van der Waals surface area contributed by atoms with Crippen molar-refractivity contribution in [2.45, 2.75) is 32.2 Å². The van der Waals surface area contributed by atoms with Crippen LogP contribution in [0.25, 0.3) is 11.1 Å². The Bertz CT molecular complexity index is 1350. The third kappa shape index (κ3) is 4.16. The second kappa shape index (κ2) is 9.44. The van der Waals surface area contributed by atoms with Crippen LogP contribution in [-0.2, 0) is 10.3 Å². The normalized spacial score (nSPS) is 22.9. The molecule has 7 heteroatoms. The van der Waals surface area contributed by atoms with Crippen LogP contribution in [0.4, 0.5) is 5.69 Å². The Morgan fingerprint density at radius 3 is 2.58 bits per heavy atom. The van der Waals surface area contributed by atoms with E-state index in [2.05, 4.69) is 65.8 Å². The van der Waals surface area contributed by atoms with Crippen LogP contribution in [0.2, 0.25) is 0 Å². The van der Waals surface area contributed by atoms with Crippen LogP contribution >= 0.6 is 11.3 Å². The zero-order chi connectivity index (χ0) is 25.4. The van der Waals surface area contributed by atoms with E-state index in [1.165, 1.54) is 16.2 Å². The Hall–Kier alpha value is -3.63. The van der Waals surface area contributed by atoms with Crippen molar-refractivity contribution in [1.29, 1.82) is 10.7 Å². The van der Waals surface area contributed by atoms with Gasteiger partial charge in [-0.25, -0.2) is 0 Å². The number of rotatable bonds is 4. The molecule has 3 aromatic rings. The molecule has 1 unspecified atom stereocenters. The molecule has 2 atom stereocenters. The zero-order valence-corrected chi connectivity index (χ0v) is 21.7. The Morgan fingerprint density at radius 2 is 1.86 bits per heavy atom. The number of nitriles is 1. The van der Waals surface area contributed by atoms with E-state index in [9.17, 15) is 10.1 Å². The van der Waals surface area contributed by atoms with Gasteiger partial charge in [-0.2, -0.15) is 5.26 Å². The number of para-hydroxylation sites is 1. The molecule has 2 saturated heterocycles. The number of hydrogen-bond acceptors (Lipinski definition) is 5. The number of piperidine rings is 1. The first kappa shape index (κ1) is 24.1. The minimum atomic E-state index is -0.675. The molecule has 36 heavy (non-hydrogen) atoms. The summed E-state index contributed by atoms with van der Waals surface area (Å²) in [4.78, 5) is 18.6. The largest absolute Gasteiger partial charge is 0.371 e. The van der Waals surface area contributed by atoms with E-state index in [-0.39, 0.29) is 23.7 Å². The molecule has 184 valence electrons. The lowest BCUT2D eigenvalue weighted by Gasteiger charge is -2.49. The Balaban J connectivity index is 1.44. The first-order chi connectivity index (χ1) is 17.3. The van der Waals surface area contributed by atoms with E-state index in [1.54, 1.807) is 24.5 Å². The van der Waals surface area contributed by atoms with E-state index < -0.39 is 5.54 Å². The summed E-state index contributed by atoms with van der Waals surface area (Å²) in [5.41, 5.74) is 4.51. The Kier molecular flexibility index (Phi) is 6.31. The maximum atomic E-state index is 13.7. The van der Waals surface area contributed by atoms with Crippen molar-refractivity contribution in [3.63, 3.8) is 0 Å².